The van der Waals surface area contributed by atoms with Crippen molar-refractivity contribution in [3.8, 4) is 11.5 Å². The van der Waals surface area contributed by atoms with Crippen LogP contribution in [0.3, 0.4) is 0 Å². The second-order valence-corrected chi connectivity index (χ2v) is 5.40. The number of amides is 1. The molecule has 0 radical (unpaired) electrons. The fraction of sp³-hybridized carbons (Fsp3) is 0.118. The first-order valence-corrected chi connectivity index (χ1v) is 7.32. The molecule has 0 bridgehead atoms. The van der Waals surface area contributed by atoms with E-state index >= 15 is 0 Å². The maximum absolute atomic E-state index is 12.7. The Balaban J connectivity index is 2.13. The number of para-hydroxylation sites is 1. The first kappa shape index (κ1) is 16.3. The molecule has 3 rings (SSSR count). The van der Waals surface area contributed by atoms with Crippen LogP contribution in [0.1, 0.15) is 11.1 Å². The minimum Gasteiger partial charge on any atom is -0.493 e. The second-order valence-electron chi connectivity index (χ2n) is 4.96. The van der Waals surface area contributed by atoms with E-state index in [2.05, 4.69) is 10.1 Å². The summed E-state index contributed by atoms with van der Waals surface area (Å²) in [5.74, 6) is -0.335. The zero-order chi connectivity index (χ0) is 17.3. The molecule has 0 aliphatic carbocycles. The number of ether oxygens (including phenoxy) is 2. The second kappa shape index (κ2) is 6.49. The molecule has 4 nitrogen and oxygen atoms in total. The van der Waals surface area contributed by atoms with E-state index in [0.717, 1.165) is 0 Å². The van der Waals surface area contributed by atoms with Crippen molar-refractivity contribution in [1.82, 2.24) is 0 Å². The van der Waals surface area contributed by atoms with Crippen LogP contribution in [0, 0.1) is 0 Å². The van der Waals surface area contributed by atoms with Crippen LogP contribution in [-0.2, 0) is 4.79 Å². The third kappa shape index (κ3) is 3.05. The lowest BCUT2D eigenvalue weighted by atomic mass is 10.0. The third-order valence-electron chi connectivity index (χ3n) is 3.50. The highest BCUT2D eigenvalue weighted by Gasteiger charge is 2.25. The maximum Gasteiger partial charge on any atom is 0.387 e. The van der Waals surface area contributed by atoms with Crippen LogP contribution in [0.2, 0.25) is 5.02 Å². The number of hydrogen-bond donors (Lipinski definition) is 1. The van der Waals surface area contributed by atoms with Gasteiger partial charge < -0.3 is 14.8 Å². The molecule has 0 fully saturated rings. The fourth-order valence-corrected chi connectivity index (χ4v) is 2.65. The van der Waals surface area contributed by atoms with Crippen LogP contribution >= 0.6 is 11.6 Å². The van der Waals surface area contributed by atoms with Crippen molar-refractivity contribution in [2.45, 2.75) is 6.61 Å². The van der Waals surface area contributed by atoms with Gasteiger partial charge in [0.25, 0.3) is 5.91 Å². The van der Waals surface area contributed by atoms with E-state index in [0.29, 0.717) is 27.4 Å². The van der Waals surface area contributed by atoms with Gasteiger partial charge >= 0.3 is 6.61 Å². The number of anilines is 1. The van der Waals surface area contributed by atoms with Gasteiger partial charge in [0.2, 0.25) is 0 Å². The van der Waals surface area contributed by atoms with E-state index in [9.17, 15) is 13.6 Å². The number of alkyl halides is 2. The van der Waals surface area contributed by atoms with Gasteiger partial charge in [-0.15, -0.1) is 0 Å². The van der Waals surface area contributed by atoms with Crippen LogP contribution in [0.5, 0.6) is 11.5 Å². The van der Waals surface area contributed by atoms with Gasteiger partial charge in [-0.3, -0.25) is 4.79 Å². The number of fused-ring (bicyclic) bond motifs is 1. The van der Waals surface area contributed by atoms with E-state index in [4.69, 9.17) is 16.3 Å². The summed E-state index contributed by atoms with van der Waals surface area (Å²) in [4.78, 5) is 12.2. The molecule has 2 aromatic carbocycles. The maximum atomic E-state index is 12.7. The summed E-state index contributed by atoms with van der Waals surface area (Å²) in [6, 6.07) is 9.64. The Bertz CT molecular complexity index is 837. The summed E-state index contributed by atoms with van der Waals surface area (Å²) < 4.78 is 35.0. The summed E-state index contributed by atoms with van der Waals surface area (Å²) in [7, 11) is 1.35. The number of nitrogens with one attached hydrogen (secondary N) is 1. The molecule has 1 aliphatic heterocycles. The zero-order valence-corrected chi connectivity index (χ0v) is 13.2. The minimum absolute atomic E-state index is 0.134. The molecule has 1 aliphatic rings. The first-order chi connectivity index (χ1) is 11.5. The molecule has 0 aromatic heterocycles. The summed E-state index contributed by atoms with van der Waals surface area (Å²) in [5, 5.41) is 3.16. The summed E-state index contributed by atoms with van der Waals surface area (Å²) >= 11 is 5.98. The Morgan fingerprint density at radius 1 is 1.25 bits per heavy atom. The molecule has 0 unspecified atom stereocenters. The summed E-state index contributed by atoms with van der Waals surface area (Å²) in [6.45, 7) is -3.02. The van der Waals surface area contributed by atoms with Crippen LogP contribution in [0.15, 0.2) is 36.4 Å². The molecule has 0 atom stereocenters. The van der Waals surface area contributed by atoms with Gasteiger partial charge in [-0.2, -0.15) is 8.78 Å². The van der Waals surface area contributed by atoms with Gasteiger partial charge in [-0.1, -0.05) is 23.7 Å². The first-order valence-electron chi connectivity index (χ1n) is 6.94. The SMILES string of the molecule is COc1cccc(C=C2C(=O)Nc3ccc(Cl)cc32)c1OC(F)F. The molecular weight excluding hydrogens is 340 g/mol. The minimum atomic E-state index is -3.02. The van der Waals surface area contributed by atoms with E-state index in [1.165, 1.54) is 19.3 Å². The number of rotatable bonds is 4. The summed E-state index contributed by atoms with van der Waals surface area (Å²) in [5.41, 5.74) is 1.81. The molecule has 7 heteroatoms. The molecule has 1 amide bonds. The molecular formula is C17H12ClF2NO3. The van der Waals surface area contributed by atoms with Gasteiger partial charge in [-0.25, -0.2) is 0 Å². The number of carbonyl (C=O) groups excluding carboxylic acids is 1. The molecule has 2 aromatic rings. The highest BCUT2D eigenvalue weighted by Crippen LogP contribution is 2.39. The van der Waals surface area contributed by atoms with Crippen LogP contribution < -0.4 is 14.8 Å². The molecule has 24 heavy (non-hydrogen) atoms. The van der Waals surface area contributed by atoms with E-state index in [1.54, 1.807) is 30.3 Å². The van der Waals surface area contributed by atoms with Crippen molar-refractivity contribution >= 4 is 34.8 Å². The van der Waals surface area contributed by atoms with Gasteiger partial charge in [-0.05, 0) is 30.3 Å². The number of benzene rings is 2. The van der Waals surface area contributed by atoms with Crippen molar-refractivity contribution in [1.29, 1.82) is 0 Å². The lowest BCUT2D eigenvalue weighted by Crippen LogP contribution is -2.06. The third-order valence-corrected chi connectivity index (χ3v) is 3.74. The van der Waals surface area contributed by atoms with Crippen LogP contribution in [0.25, 0.3) is 11.6 Å². The predicted octanol–water partition coefficient (Wildman–Crippen LogP) is 4.44. The standard InChI is InChI=1S/C17H12ClF2NO3/c1-23-14-4-2-3-9(15(14)24-17(19)20)7-12-11-8-10(18)5-6-13(11)21-16(12)22/h2-8,17H,1H3,(H,21,22). The van der Waals surface area contributed by atoms with Crippen molar-refractivity contribution in [2.75, 3.05) is 12.4 Å². The number of hydrogen-bond acceptors (Lipinski definition) is 3. The van der Waals surface area contributed by atoms with Crippen molar-refractivity contribution in [3.05, 3.63) is 52.5 Å². The topological polar surface area (TPSA) is 47.6 Å². The Kier molecular flexibility index (Phi) is 4.40. The monoisotopic (exact) mass is 351 g/mol. The lowest BCUT2D eigenvalue weighted by Gasteiger charge is -2.12. The van der Waals surface area contributed by atoms with E-state index in [1.807, 2.05) is 0 Å². The highest BCUT2D eigenvalue weighted by atomic mass is 35.5. The van der Waals surface area contributed by atoms with Crippen LogP contribution in [-0.4, -0.2) is 19.6 Å². The Hall–Kier alpha value is -2.60. The number of halogens is 3. The highest BCUT2D eigenvalue weighted by molar-refractivity contribution is 6.36. The zero-order valence-electron chi connectivity index (χ0n) is 12.5. The molecule has 1 N–H and O–H groups in total. The molecule has 1 heterocycles. The molecule has 124 valence electrons. The van der Waals surface area contributed by atoms with Gasteiger partial charge in [0, 0.05) is 27.4 Å². The average Bonchev–Trinajstić information content (AvgIpc) is 2.84. The smallest absolute Gasteiger partial charge is 0.387 e. The molecule has 0 saturated heterocycles. The van der Waals surface area contributed by atoms with E-state index in [-0.39, 0.29) is 17.4 Å². The Morgan fingerprint density at radius 2 is 2.04 bits per heavy atom. The summed E-state index contributed by atoms with van der Waals surface area (Å²) in [6.07, 6.45) is 1.47. The van der Waals surface area contributed by atoms with Crippen molar-refractivity contribution < 1.29 is 23.0 Å². The lowest BCUT2D eigenvalue weighted by molar-refractivity contribution is -0.110. The fourth-order valence-electron chi connectivity index (χ4n) is 2.48. The Labute approximate surface area is 141 Å². The van der Waals surface area contributed by atoms with Gasteiger partial charge in [0.15, 0.2) is 11.5 Å². The number of carbonyl (C=O) groups is 1. The van der Waals surface area contributed by atoms with Gasteiger partial charge in [0.1, 0.15) is 0 Å². The van der Waals surface area contributed by atoms with Gasteiger partial charge in [0.05, 0.1) is 7.11 Å². The molecule has 0 spiro atoms. The number of methoxy groups -OCH3 is 1. The van der Waals surface area contributed by atoms with Crippen molar-refractivity contribution in [3.63, 3.8) is 0 Å². The van der Waals surface area contributed by atoms with E-state index < -0.39 is 6.61 Å². The Morgan fingerprint density at radius 3 is 2.75 bits per heavy atom. The van der Waals surface area contributed by atoms with Crippen molar-refractivity contribution in [2.24, 2.45) is 0 Å². The largest absolute Gasteiger partial charge is 0.493 e. The predicted molar refractivity (Wildman–Crippen MR) is 87.6 cm³/mol. The quantitative estimate of drug-likeness (QED) is 0.828. The van der Waals surface area contributed by atoms with Crippen LogP contribution in [0.4, 0.5) is 14.5 Å². The average molecular weight is 352 g/mol. The molecule has 0 saturated carbocycles. The normalized spacial score (nSPS) is 14.7.